The van der Waals surface area contributed by atoms with Crippen molar-refractivity contribution in [3.8, 4) is 22.5 Å². The average molecular weight is 492 g/mol. The molecule has 0 aliphatic rings. The van der Waals surface area contributed by atoms with E-state index in [0.29, 0.717) is 0 Å². The fourth-order valence-corrected chi connectivity index (χ4v) is 5.22. The van der Waals surface area contributed by atoms with Crippen molar-refractivity contribution in [1.82, 2.24) is 20.2 Å². The van der Waals surface area contributed by atoms with E-state index in [0.717, 1.165) is 74.5 Å². The topological polar surface area (TPSA) is 69.4 Å². The molecule has 0 spiro atoms. The highest BCUT2D eigenvalue weighted by atomic mass is 32.1. The van der Waals surface area contributed by atoms with Crippen molar-refractivity contribution >= 4 is 33.5 Å². The number of aromatic amines is 2. The second kappa shape index (κ2) is 10.2. The lowest BCUT2D eigenvalue weighted by Crippen LogP contribution is -1.98. The molecule has 0 bridgehead atoms. The van der Waals surface area contributed by atoms with Crippen LogP contribution in [0.4, 0.5) is 5.69 Å². The Kier molecular flexibility index (Phi) is 6.69. The molecule has 0 aliphatic carbocycles. The Morgan fingerprint density at radius 3 is 2.81 bits per heavy atom. The highest BCUT2D eigenvalue weighted by Crippen LogP contribution is 2.35. The number of fused-ring (bicyclic) bond motifs is 1. The highest BCUT2D eigenvalue weighted by molar-refractivity contribution is 7.11. The number of pyridine rings is 1. The smallest absolute Gasteiger partial charge is 0.116 e. The number of allylic oxidation sites excluding steroid dienone is 3. The van der Waals surface area contributed by atoms with Crippen LogP contribution in [0.25, 0.3) is 39.0 Å². The molecule has 0 atom stereocenters. The van der Waals surface area contributed by atoms with Gasteiger partial charge < -0.3 is 10.3 Å². The quantitative estimate of drug-likeness (QED) is 0.182. The third-order valence-corrected chi connectivity index (χ3v) is 7.04. The summed E-state index contributed by atoms with van der Waals surface area (Å²) in [4.78, 5) is 9.22. The van der Waals surface area contributed by atoms with Crippen LogP contribution >= 0.6 is 11.3 Å². The monoisotopic (exact) mass is 491 g/mol. The van der Waals surface area contributed by atoms with Gasteiger partial charge in [0.1, 0.15) is 5.69 Å². The van der Waals surface area contributed by atoms with Crippen molar-refractivity contribution in [2.45, 2.75) is 26.7 Å². The van der Waals surface area contributed by atoms with Crippen LogP contribution in [0, 0.1) is 6.92 Å². The maximum atomic E-state index is 4.67. The van der Waals surface area contributed by atoms with Gasteiger partial charge in [0.25, 0.3) is 0 Å². The van der Waals surface area contributed by atoms with Gasteiger partial charge in [-0.1, -0.05) is 50.8 Å². The lowest BCUT2D eigenvalue weighted by Gasteiger charge is -2.10. The van der Waals surface area contributed by atoms with E-state index in [4.69, 9.17) is 0 Å². The van der Waals surface area contributed by atoms with Crippen LogP contribution < -0.4 is 5.32 Å². The highest BCUT2D eigenvalue weighted by Gasteiger charge is 2.17. The number of H-pyrrole nitrogens is 2. The van der Waals surface area contributed by atoms with Crippen LogP contribution in [-0.2, 0) is 0 Å². The molecule has 6 heteroatoms. The molecule has 0 aliphatic heterocycles. The summed E-state index contributed by atoms with van der Waals surface area (Å²) in [5, 5.41) is 14.4. The number of aromatic nitrogens is 4. The third kappa shape index (κ3) is 4.68. The summed E-state index contributed by atoms with van der Waals surface area (Å²) in [5.41, 5.74) is 10.3. The number of aryl methyl sites for hydroxylation is 1. The summed E-state index contributed by atoms with van der Waals surface area (Å²) >= 11 is 1.72. The van der Waals surface area contributed by atoms with Gasteiger partial charge in [-0.3, -0.25) is 10.1 Å². The first kappa shape index (κ1) is 23.6. The molecule has 0 saturated heterocycles. The summed E-state index contributed by atoms with van der Waals surface area (Å²) in [7, 11) is 0. The van der Waals surface area contributed by atoms with E-state index in [-0.39, 0.29) is 0 Å². The molecule has 5 rings (SSSR count). The first-order valence-electron chi connectivity index (χ1n) is 12.0. The van der Waals surface area contributed by atoms with Crippen molar-refractivity contribution in [3.05, 3.63) is 107 Å². The van der Waals surface area contributed by atoms with E-state index in [9.17, 15) is 0 Å². The molecule has 3 N–H and O–H groups in total. The second-order valence-corrected chi connectivity index (χ2v) is 9.74. The van der Waals surface area contributed by atoms with Gasteiger partial charge in [-0.05, 0) is 54.6 Å². The first-order chi connectivity index (χ1) is 17.6. The van der Waals surface area contributed by atoms with E-state index in [1.165, 1.54) is 4.88 Å². The number of nitrogens with zero attached hydrogens (tertiary/aromatic N) is 2. The normalized spacial score (nSPS) is 11.7. The van der Waals surface area contributed by atoms with Crippen molar-refractivity contribution in [3.63, 3.8) is 0 Å². The molecule has 4 heterocycles. The SMILES string of the molecule is C=C/C=C(/c1cccs1)c1cc(-c2n[nH]c3ccc(-c4cncc(NC(=C)CCC)c4)cc23)[nH]c1C. The molecular formula is C30H29N5S. The molecule has 0 radical (unpaired) electrons. The minimum absolute atomic E-state index is 0.892. The number of nitrogens with one attached hydrogen (secondary N) is 3. The number of anilines is 1. The predicted molar refractivity (Wildman–Crippen MR) is 153 cm³/mol. The molecule has 0 amide bonds. The summed E-state index contributed by atoms with van der Waals surface area (Å²) in [6, 6.07) is 14.8. The predicted octanol–water partition coefficient (Wildman–Crippen LogP) is 8.33. The van der Waals surface area contributed by atoms with Gasteiger partial charge in [0.2, 0.25) is 0 Å². The Bertz CT molecular complexity index is 1570. The standard InChI is InChI=1S/C30H29N5S/c1-5-8-19(3)32-23-14-22(17-31-18-23)21-11-12-27-26(15-21)30(35-34-27)28-16-25(20(4)33-28)24(9-6-2)29-10-7-13-36-29/h6-7,9-18,32-33H,2-3,5,8H2,1,4H3,(H,34,35)/b24-9+. The van der Waals surface area contributed by atoms with Gasteiger partial charge in [0.05, 0.1) is 23.1 Å². The van der Waals surface area contributed by atoms with Gasteiger partial charge in [0.15, 0.2) is 0 Å². The Morgan fingerprint density at radius 2 is 2.03 bits per heavy atom. The summed E-state index contributed by atoms with van der Waals surface area (Å²) in [6.07, 6.45) is 9.61. The maximum Gasteiger partial charge on any atom is 0.116 e. The summed E-state index contributed by atoms with van der Waals surface area (Å²) < 4.78 is 0. The first-order valence-corrected chi connectivity index (χ1v) is 12.9. The maximum absolute atomic E-state index is 4.67. The molecule has 36 heavy (non-hydrogen) atoms. The molecule has 0 unspecified atom stereocenters. The Labute approximate surface area is 215 Å². The van der Waals surface area contributed by atoms with Crippen molar-refractivity contribution in [1.29, 1.82) is 0 Å². The molecule has 1 aromatic carbocycles. The Morgan fingerprint density at radius 1 is 1.14 bits per heavy atom. The zero-order chi connectivity index (χ0) is 25.1. The van der Waals surface area contributed by atoms with Crippen LogP contribution in [0.3, 0.4) is 0 Å². The summed E-state index contributed by atoms with van der Waals surface area (Å²) in [5.74, 6) is 0. The van der Waals surface area contributed by atoms with Crippen LogP contribution in [0.15, 0.2) is 91.2 Å². The second-order valence-electron chi connectivity index (χ2n) is 8.79. The molecular weight excluding hydrogens is 462 g/mol. The van der Waals surface area contributed by atoms with E-state index in [1.807, 2.05) is 18.5 Å². The average Bonchev–Trinajstić information content (AvgIpc) is 3.62. The largest absolute Gasteiger partial charge is 0.358 e. The zero-order valence-corrected chi connectivity index (χ0v) is 21.4. The lowest BCUT2D eigenvalue weighted by atomic mass is 10.0. The van der Waals surface area contributed by atoms with Gasteiger partial charge in [0, 0.05) is 44.6 Å². The van der Waals surface area contributed by atoms with E-state index < -0.39 is 0 Å². The van der Waals surface area contributed by atoms with Crippen LogP contribution in [-0.4, -0.2) is 20.2 Å². The minimum Gasteiger partial charge on any atom is -0.358 e. The number of hydrogen-bond acceptors (Lipinski definition) is 4. The van der Waals surface area contributed by atoms with E-state index in [2.05, 4.69) is 106 Å². The number of rotatable bonds is 9. The molecule has 0 saturated carbocycles. The Balaban J connectivity index is 1.52. The molecule has 5 aromatic rings. The number of benzene rings is 1. The van der Waals surface area contributed by atoms with Gasteiger partial charge in [-0.15, -0.1) is 11.3 Å². The minimum atomic E-state index is 0.892. The molecule has 180 valence electrons. The van der Waals surface area contributed by atoms with Crippen LogP contribution in [0.2, 0.25) is 0 Å². The van der Waals surface area contributed by atoms with Crippen molar-refractivity contribution < 1.29 is 0 Å². The van der Waals surface area contributed by atoms with E-state index >= 15 is 0 Å². The van der Waals surface area contributed by atoms with Crippen molar-refractivity contribution in [2.75, 3.05) is 5.32 Å². The Hall–Kier alpha value is -4.16. The van der Waals surface area contributed by atoms with E-state index in [1.54, 1.807) is 11.3 Å². The van der Waals surface area contributed by atoms with Gasteiger partial charge in [-0.2, -0.15) is 5.10 Å². The third-order valence-electron chi connectivity index (χ3n) is 6.14. The fraction of sp³-hybridized carbons (Fsp3) is 0.133. The van der Waals surface area contributed by atoms with Crippen molar-refractivity contribution in [2.24, 2.45) is 0 Å². The van der Waals surface area contributed by atoms with Crippen LogP contribution in [0.5, 0.6) is 0 Å². The number of hydrogen-bond donors (Lipinski definition) is 3. The lowest BCUT2D eigenvalue weighted by molar-refractivity contribution is 0.913. The van der Waals surface area contributed by atoms with Gasteiger partial charge >= 0.3 is 0 Å². The van der Waals surface area contributed by atoms with Gasteiger partial charge in [-0.25, -0.2) is 0 Å². The molecule has 4 aromatic heterocycles. The summed E-state index contributed by atoms with van der Waals surface area (Å²) in [6.45, 7) is 12.3. The van der Waals surface area contributed by atoms with Crippen LogP contribution in [0.1, 0.15) is 35.9 Å². The molecule has 5 nitrogen and oxygen atoms in total. The molecule has 0 fully saturated rings. The zero-order valence-electron chi connectivity index (χ0n) is 20.6. The fourth-order valence-electron chi connectivity index (χ4n) is 4.45. The number of thiophene rings is 1.